The number of nitrogen functional groups attached to an aromatic ring is 1. The van der Waals surface area contributed by atoms with Gasteiger partial charge in [-0.2, -0.15) is 0 Å². The summed E-state index contributed by atoms with van der Waals surface area (Å²) in [5.41, 5.74) is 11.9. The van der Waals surface area contributed by atoms with Crippen molar-refractivity contribution < 1.29 is 5.11 Å². The van der Waals surface area contributed by atoms with E-state index >= 15 is 0 Å². The van der Waals surface area contributed by atoms with Crippen molar-refractivity contribution in [1.29, 1.82) is 0 Å². The van der Waals surface area contributed by atoms with Gasteiger partial charge in [0.25, 0.3) is 0 Å². The molecule has 0 bridgehead atoms. The standard InChI is InChI=1S/C8H11ClN2O/c9-6-3-1-2-5(8(6)11)7(12)4-10/h1-3,7,12H,4,10-11H2. The van der Waals surface area contributed by atoms with Crippen molar-refractivity contribution in [2.45, 2.75) is 6.10 Å². The van der Waals surface area contributed by atoms with Gasteiger partial charge in [-0.1, -0.05) is 23.7 Å². The maximum atomic E-state index is 9.37. The molecule has 0 aliphatic heterocycles. The SMILES string of the molecule is NCC(O)c1cccc(Cl)c1N. The van der Waals surface area contributed by atoms with Gasteiger partial charge in [0.2, 0.25) is 0 Å². The average molecular weight is 187 g/mol. The first kappa shape index (κ1) is 9.32. The summed E-state index contributed by atoms with van der Waals surface area (Å²) in [6, 6.07) is 5.11. The molecule has 1 rings (SSSR count). The van der Waals surface area contributed by atoms with Crippen LogP contribution in [0.2, 0.25) is 5.02 Å². The minimum atomic E-state index is -0.733. The van der Waals surface area contributed by atoms with Crippen molar-refractivity contribution in [3.8, 4) is 0 Å². The van der Waals surface area contributed by atoms with Crippen LogP contribution in [-0.2, 0) is 0 Å². The molecular formula is C8H11ClN2O. The average Bonchev–Trinajstić information content (AvgIpc) is 2.08. The van der Waals surface area contributed by atoms with E-state index in [-0.39, 0.29) is 6.54 Å². The number of hydrogen-bond donors (Lipinski definition) is 3. The maximum Gasteiger partial charge on any atom is 0.0932 e. The molecule has 0 aliphatic carbocycles. The minimum absolute atomic E-state index is 0.143. The molecule has 3 nitrogen and oxygen atoms in total. The molecule has 12 heavy (non-hydrogen) atoms. The second kappa shape index (κ2) is 3.76. The molecule has 1 unspecified atom stereocenters. The Morgan fingerprint density at radius 2 is 2.17 bits per heavy atom. The number of hydrogen-bond acceptors (Lipinski definition) is 3. The van der Waals surface area contributed by atoms with Gasteiger partial charge in [0, 0.05) is 12.1 Å². The summed E-state index contributed by atoms with van der Waals surface area (Å²) in [7, 11) is 0. The summed E-state index contributed by atoms with van der Waals surface area (Å²) >= 11 is 5.74. The first-order valence-electron chi connectivity index (χ1n) is 3.59. The third-order valence-corrected chi connectivity index (χ3v) is 2.00. The molecule has 1 atom stereocenters. The summed E-state index contributed by atoms with van der Waals surface area (Å²) < 4.78 is 0. The van der Waals surface area contributed by atoms with E-state index in [1.165, 1.54) is 0 Å². The van der Waals surface area contributed by atoms with E-state index in [4.69, 9.17) is 23.1 Å². The van der Waals surface area contributed by atoms with Gasteiger partial charge in [-0.3, -0.25) is 0 Å². The molecule has 5 N–H and O–H groups in total. The Morgan fingerprint density at radius 1 is 1.50 bits per heavy atom. The second-order valence-electron chi connectivity index (χ2n) is 2.49. The van der Waals surface area contributed by atoms with Gasteiger partial charge in [-0.25, -0.2) is 0 Å². The highest BCUT2D eigenvalue weighted by atomic mass is 35.5. The van der Waals surface area contributed by atoms with E-state index in [2.05, 4.69) is 0 Å². The highest BCUT2D eigenvalue weighted by molar-refractivity contribution is 6.33. The molecule has 0 saturated heterocycles. The van der Waals surface area contributed by atoms with Crippen LogP contribution < -0.4 is 11.5 Å². The fourth-order valence-electron chi connectivity index (χ4n) is 0.971. The molecule has 4 heteroatoms. The smallest absolute Gasteiger partial charge is 0.0932 e. The molecule has 66 valence electrons. The monoisotopic (exact) mass is 186 g/mol. The quantitative estimate of drug-likeness (QED) is 0.602. The van der Waals surface area contributed by atoms with Gasteiger partial charge in [0.1, 0.15) is 0 Å². The Labute approximate surface area is 75.9 Å². The lowest BCUT2D eigenvalue weighted by Gasteiger charge is -2.11. The number of nitrogens with two attached hydrogens (primary N) is 2. The number of aliphatic hydroxyl groups excluding tert-OH is 1. The Morgan fingerprint density at radius 3 is 2.75 bits per heavy atom. The summed E-state index contributed by atoms with van der Waals surface area (Å²) in [6.45, 7) is 0.143. The molecule has 0 aromatic heterocycles. The molecule has 0 amide bonds. The van der Waals surface area contributed by atoms with E-state index < -0.39 is 6.10 Å². The number of rotatable bonds is 2. The van der Waals surface area contributed by atoms with Crippen LogP contribution in [0.4, 0.5) is 5.69 Å². The van der Waals surface area contributed by atoms with Crippen LogP contribution in [0.15, 0.2) is 18.2 Å². The van der Waals surface area contributed by atoms with Gasteiger partial charge in [0.05, 0.1) is 16.8 Å². The number of halogens is 1. The summed E-state index contributed by atoms with van der Waals surface area (Å²) in [6.07, 6.45) is -0.733. The highest BCUT2D eigenvalue weighted by Crippen LogP contribution is 2.26. The third-order valence-electron chi connectivity index (χ3n) is 1.67. The topological polar surface area (TPSA) is 72.3 Å². The zero-order valence-electron chi connectivity index (χ0n) is 6.50. The van der Waals surface area contributed by atoms with Crippen molar-refractivity contribution in [1.82, 2.24) is 0 Å². The van der Waals surface area contributed by atoms with Gasteiger partial charge < -0.3 is 16.6 Å². The van der Waals surface area contributed by atoms with Gasteiger partial charge in [-0.15, -0.1) is 0 Å². The third kappa shape index (κ3) is 1.69. The molecule has 0 saturated carbocycles. The lowest BCUT2D eigenvalue weighted by Crippen LogP contribution is -2.13. The van der Waals surface area contributed by atoms with E-state index in [1.54, 1.807) is 18.2 Å². The Hall–Kier alpha value is -0.770. The first-order valence-corrected chi connectivity index (χ1v) is 3.96. The van der Waals surface area contributed by atoms with E-state index in [0.717, 1.165) is 0 Å². The normalized spacial score (nSPS) is 12.9. The Bertz CT molecular complexity index is 278. The molecule has 1 aromatic rings. The van der Waals surface area contributed by atoms with Gasteiger partial charge in [0.15, 0.2) is 0 Å². The minimum Gasteiger partial charge on any atom is -0.397 e. The number of benzene rings is 1. The lowest BCUT2D eigenvalue weighted by molar-refractivity contribution is 0.187. The van der Waals surface area contributed by atoms with E-state index in [1.807, 2.05) is 0 Å². The first-order chi connectivity index (χ1) is 5.66. The molecule has 0 spiro atoms. The largest absolute Gasteiger partial charge is 0.397 e. The van der Waals surface area contributed by atoms with Crippen molar-refractivity contribution in [3.63, 3.8) is 0 Å². The number of para-hydroxylation sites is 1. The Balaban J connectivity index is 3.07. The van der Waals surface area contributed by atoms with E-state index in [0.29, 0.717) is 16.3 Å². The van der Waals surface area contributed by atoms with Gasteiger partial charge in [-0.05, 0) is 6.07 Å². The summed E-state index contributed by atoms with van der Waals surface area (Å²) in [5.74, 6) is 0. The van der Waals surface area contributed by atoms with Crippen molar-refractivity contribution in [3.05, 3.63) is 28.8 Å². The van der Waals surface area contributed by atoms with E-state index in [9.17, 15) is 5.11 Å². The maximum absolute atomic E-state index is 9.37. The van der Waals surface area contributed by atoms with Crippen LogP contribution in [-0.4, -0.2) is 11.7 Å². The van der Waals surface area contributed by atoms with Gasteiger partial charge >= 0.3 is 0 Å². The fraction of sp³-hybridized carbons (Fsp3) is 0.250. The number of aliphatic hydroxyl groups is 1. The molecule has 0 heterocycles. The van der Waals surface area contributed by atoms with Crippen LogP contribution in [0.25, 0.3) is 0 Å². The second-order valence-corrected chi connectivity index (χ2v) is 2.90. The molecule has 0 aliphatic rings. The van der Waals surface area contributed by atoms with Crippen molar-refractivity contribution in [2.75, 3.05) is 12.3 Å². The summed E-state index contributed by atoms with van der Waals surface area (Å²) in [5, 5.41) is 9.82. The van der Waals surface area contributed by atoms with Crippen LogP contribution in [0, 0.1) is 0 Å². The number of anilines is 1. The fourth-order valence-corrected chi connectivity index (χ4v) is 1.15. The van der Waals surface area contributed by atoms with Crippen molar-refractivity contribution >= 4 is 17.3 Å². The zero-order chi connectivity index (χ0) is 9.14. The van der Waals surface area contributed by atoms with Crippen LogP contribution in [0.1, 0.15) is 11.7 Å². The molecule has 0 radical (unpaired) electrons. The van der Waals surface area contributed by atoms with Crippen LogP contribution in [0.5, 0.6) is 0 Å². The summed E-state index contributed by atoms with van der Waals surface area (Å²) in [4.78, 5) is 0. The molecular weight excluding hydrogens is 176 g/mol. The predicted octanol–water partition coefficient (Wildman–Crippen LogP) is 0.914. The van der Waals surface area contributed by atoms with Crippen molar-refractivity contribution in [2.24, 2.45) is 5.73 Å². The molecule has 1 aromatic carbocycles. The highest BCUT2D eigenvalue weighted by Gasteiger charge is 2.10. The molecule has 0 fully saturated rings. The lowest BCUT2D eigenvalue weighted by atomic mass is 10.1. The zero-order valence-corrected chi connectivity index (χ0v) is 7.25. The van der Waals surface area contributed by atoms with Crippen LogP contribution in [0.3, 0.4) is 0 Å². The Kier molecular flexibility index (Phi) is 2.92. The predicted molar refractivity (Wildman–Crippen MR) is 49.9 cm³/mol. The van der Waals surface area contributed by atoms with Crippen LogP contribution >= 0.6 is 11.6 Å².